The molecule has 19 heavy (non-hydrogen) atoms. The number of aromatic carboxylic acids is 1. The Morgan fingerprint density at radius 3 is 2.68 bits per heavy atom. The molecular formula is C13H16N2O4. The fraction of sp³-hybridized carbons (Fsp3) is 0.462. The molecule has 0 amide bonds. The van der Waals surface area contributed by atoms with Gasteiger partial charge in [-0.1, -0.05) is 6.42 Å². The highest BCUT2D eigenvalue weighted by atomic mass is 16.6. The molecule has 1 fully saturated rings. The molecule has 0 unspecified atom stereocenters. The topological polar surface area (TPSA) is 83.7 Å². The van der Waals surface area contributed by atoms with E-state index in [0.717, 1.165) is 19.4 Å². The summed E-state index contributed by atoms with van der Waals surface area (Å²) < 4.78 is 0. The Labute approximate surface area is 110 Å². The van der Waals surface area contributed by atoms with Crippen molar-refractivity contribution in [3.63, 3.8) is 0 Å². The molecular weight excluding hydrogens is 248 g/mol. The molecule has 0 heterocycles. The minimum Gasteiger partial charge on any atom is -0.478 e. The van der Waals surface area contributed by atoms with Crippen LogP contribution < -0.4 is 4.90 Å². The zero-order chi connectivity index (χ0) is 14.0. The Hall–Kier alpha value is -2.11. The molecule has 0 saturated heterocycles. The second-order valence-corrected chi connectivity index (χ2v) is 4.94. The minimum absolute atomic E-state index is 0.0829. The standard InChI is InChI=1S/C13H16N2O4/c1-14(8-9-3-2-4-9)12-7-10(15(18)19)5-6-11(12)13(16)17/h5-7,9H,2-4,8H2,1H3,(H,16,17). The van der Waals surface area contributed by atoms with Gasteiger partial charge in [0, 0.05) is 25.7 Å². The quantitative estimate of drug-likeness (QED) is 0.652. The second kappa shape index (κ2) is 5.26. The van der Waals surface area contributed by atoms with E-state index in [1.165, 1.54) is 24.6 Å². The Balaban J connectivity index is 2.30. The van der Waals surface area contributed by atoms with Crippen LogP contribution >= 0.6 is 0 Å². The molecule has 6 heteroatoms. The molecule has 2 rings (SSSR count). The van der Waals surface area contributed by atoms with Gasteiger partial charge in [-0.2, -0.15) is 0 Å². The third kappa shape index (κ3) is 2.83. The van der Waals surface area contributed by atoms with Gasteiger partial charge in [0.1, 0.15) is 0 Å². The van der Waals surface area contributed by atoms with Crippen molar-refractivity contribution >= 4 is 17.3 Å². The molecule has 0 spiro atoms. The molecule has 6 nitrogen and oxygen atoms in total. The first-order chi connectivity index (χ1) is 8.99. The summed E-state index contributed by atoms with van der Waals surface area (Å²) in [6.07, 6.45) is 3.49. The minimum atomic E-state index is -1.06. The van der Waals surface area contributed by atoms with Crippen molar-refractivity contribution < 1.29 is 14.8 Å². The van der Waals surface area contributed by atoms with Crippen LogP contribution in [-0.2, 0) is 0 Å². The largest absolute Gasteiger partial charge is 0.478 e. The maximum Gasteiger partial charge on any atom is 0.337 e. The number of carbonyl (C=O) groups is 1. The Bertz CT molecular complexity index is 511. The zero-order valence-electron chi connectivity index (χ0n) is 10.7. The van der Waals surface area contributed by atoms with Crippen LogP contribution in [0.25, 0.3) is 0 Å². The van der Waals surface area contributed by atoms with Gasteiger partial charge in [0.15, 0.2) is 0 Å². The third-order valence-electron chi connectivity index (χ3n) is 3.59. The first kappa shape index (κ1) is 13.3. The van der Waals surface area contributed by atoms with E-state index in [-0.39, 0.29) is 11.3 Å². The fourth-order valence-corrected chi connectivity index (χ4v) is 2.29. The van der Waals surface area contributed by atoms with Crippen molar-refractivity contribution in [3.8, 4) is 0 Å². The van der Waals surface area contributed by atoms with Crippen molar-refractivity contribution in [2.45, 2.75) is 19.3 Å². The third-order valence-corrected chi connectivity index (χ3v) is 3.59. The number of rotatable bonds is 5. The zero-order valence-corrected chi connectivity index (χ0v) is 10.7. The predicted molar refractivity (Wildman–Crippen MR) is 70.7 cm³/mol. The highest BCUT2D eigenvalue weighted by Crippen LogP contribution is 2.31. The van der Waals surface area contributed by atoms with E-state index in [1.54, 1.807) is 11.9 Å². The lowest BCUT2D eigenvalue weighted by molar-refractivity contribution is -0.384. The van der Waals surface area contributed by atoms with Crippen LogP contribution in [0.5, 0.6) is 0 Å². The van der Waals surface area contributed by atoms with Crippen molar-refractivity contribution in [2.24, 2.45) is 5.92 Å². The SMILES string of the molecule is CN(CC1CCC1)c1cc([N+](=O)[O-])ccc1C(=O)O. The van der Waals surface area contributed by atoms with Crippen molar-refractivity contribution in [1.29, 1.82) is 0 Å². The molecule has 102 valence electrons. The number of nitro groups is 1. The lowest BCUT2D eigenvalue weighted by Crippen LogP contribution is -2.30. The maximum atomic E-state index is 11.2. The summed E-state index contributed by atoms with van der Waals surface area (Å²) in [5.41, 5.74) is 0.432. The van der Waals surface area contributed by atoms with Crippen LogP contribution in [0.15, 0.2) is 18.2 Å². The van der Waals surface area contributed by atoms with E-state index in [1.807, 2.05) is 0 Å². The average Bonchev–Trinajstić information content (AvgIpc) is 2.32. The van der Waals surface area contributed by atoms with Crippen LogP contribution in [-0.4, -0.2) is 29.6 Å². The van der Waals surface area contributed by atoms with Gasteiger partial charge in [-0.3, -0.25) is 10.1 Å². The number of carboxylic acids is 1. The number of carboxylic acid groups (broad SMARTS) is 1. The number of nitro benzene ring substituents is 1. The Morgan fingerprint density at radius 1 is 1.53 bits per heavy atom. The van der Waals surface area contributed by atoms with Crippen molar-refractivity contribution in [3.05, 3.63) is 33.9 Å². The van der Waals surface area contributed by atoms with Crippen molar-refractivity contribution in [2.75, 3.05) is 18.5 Å². The summed E-state index contributed by atoms with van der Waals surface area (Å²) in [6.45, 7) is 0.738. The number of nitrogens with zero attached hydrogens (tertiary/aromatic N) is 2. The van der Waals surface area contributed by atoms with Gasteiger partial charge in [-0.25, -0.2) is 4.79 Å². The van der Waals surface area contributed by atoms with E-state index in [4.69, 9.17) is 5.11 Å². The summed E-state index contributed by atoms with van der Waals surface area (Å²) in [7, 11) is 1.78. The number of benzene rings is 1. The van der Waals surface area contributed by atoms with E-state index in [9.17, 15) is 14.9 Å². The van der Waals surface area contributed by atoms with E-state index >= 15 is 0 Å². The Kier molecular flexibility index (Phi) is 3.69. The first-order valence-electron chi connectivity index (χ1n) is 6.22. The van der Waals surface area contributed by atoms with E-state index in [2.05, 4.69) is 0 Å². The second-order valence-electron chi connectivity index (χ2n) is 4.94. The molecule has 0 bridgehead atoms. The highest BCUT2D eigenvalue weighted by molar-refractivity contribution is 5.95. The lowest BCUT2D eigenvalue weighted by Gasteiger charge is -2.31. The first-order valence-corrected chi connectivity index (χ1v) is 6.22. The normalized spacial score (nSPS) is 14.8. The van der Waals surface area contributed by atoms with Crippen molar-refractivity contribution in [1.82, 2.24) is 0 Å². The number of hydrogen-bond donors (Lipinski definition) is 1. The predicted octanol–water partition coefficient (Wildman–Crippen LogP) is 2.53. The van der Waals surface area contributed by atoms with Gasteiger partial charge < -0.3 is 10.0 Å². The maximum absolute atomic E-state index is 11.2. The monoisotopic (exact) mass is 264 g/mol. The average molecular weight is 264 g/mol. The molecule has 1 aliphatic carbocycles. The van der Waals surface area contributed by atoms with Gasteiger partial charge in [-0.05, 0) is 24.8 Å². The number of non-ortho nitro benzene ring substituents is 1. The lowest BCUT2D eigenvalue weighted by atomic mass is 9.85. The summed E-state index contributed by atoms with van der Waals surface area (Å²) in [5, 5.41) is 19.9. The summed E-state index contributed by atoms with van der Waals surface area (Å²) in [4.78, 5) is 23.3. The molecule has 1 aliphatic rings. The molecule has 1 N–H and O–H groups in total. The van der Waals surface area contributed by atoms with Crippen LogP contribution in [0.4, 0.5) is 11.4 Å². The molecule has 0 atom stereocenters. The van der Waals surface area contributed by atoms with Gasteiger partial charge in [0.2, 0.25) is 0 Å². The van der Waals surface area contributed by atoms with E-state index < -0.39 is 10.9 Å². The van der Waals surface area contributed by atoms with Gasteiger partial charge in [-0.15, -0.1) is 0 Å². The fourth-order valence-electron chi connectivity index (χ4n) is 2.29. The number of hydrogen-bond acceptors (Lipinski definition) is 4. The summed E-state index contributed by atoms with van der Waals surface area (Å²) in [5.74, 6) is -0.503. The van der Waals surface area contributed by atoms with E-state index in [0.29, 0.717) is 11.6 Å². The summed E-state index contributed by atoms with van der Waals surface area (Å²) >= 11 is 0. The van der Waals surface area contributed by atoms with Crippen LogP contribution in [0.3, 0.4) is 0 Å². The highest BCUT2D eigenvalue weighted by Gasteiger charge is 2.23. The van der Waals surface area contributed by atoms with Gasteiger partial charge >= 0.3 is 5.97 Å². The molecule has 0 aromatic heterocycles. The number of anilines is 1. The van der Waals surface area contributed by atoms with Crippen LogP contribution in [0.1, 0.15) is 29.6 Å². The molecule has 1 aromatic rings. The van der Waals surface area contributed by atoms with Crippen LogP contribution in [0, 0.1) is 16.0 Å². The molecule has 0 radical (unpaired) electrons. The molecule has 1 aromatic carbocycles. The Morgan fingerprint density at radius 2 is 2.21 bits per heavy atom. The van der Waals surface area contributed by atoms with Gasteiger partial charge in [0.05, 0.1) is 16.2 Å². The smallest absolute Gasteiger partial charge is 0.337 e. The summed E-state index contributed by atoms with van der Waals surface area (Å²) in [6, 6.07) is 3.86. The molecule has 1 saturated carbocycles. The molecule has 0 aliphatic heterocycles. The van der Waals surface area contributed by atoms with Gasteiger partial charge in [0.25, 0.3) is 5.69 Å². The van der Waals surface area contributed by atoms with Crippen LogP contribution in [0.2, 0.25) is 0 Å².